The third-order valence-corrected chi connectivity index (χ3v) is 12.3. The maximum Gasteiger partial charge on any atom is 0.291 e. The van der Waals surface area contributed by atoms with E-state index in [-0.39, 0.29) is 23.7 Å². The van der Waals surface area contributed by atoms with Gasteiger partial charge in [-0.1, -0.05) is 32.4 Å². The number of amides is 2. The molecular weight excluding hydrogens is 500 g/mol. The van der Waals surface area contributed by atoms with E-state index in [9.17, 15) is 14.7 Å². The molecule has 0 spiro atoms. The van der Waals surface area contributed by atoms with Crippen molar-refractivity contribution in [2.45, 2.75) is 91.1 Å². The lowest BCUT2D eigenvalue weighted by Crippen LogP contribution is -2.51. The molecule has 1 aromatic rings. The Kier molecular flexibility index (Phi) is 7.56. The normalized spacial score (nSPS) is 38.1. The summed E-state index contributed by atoms with van der Waals surface area (Å²) < 4.78 is 0. The van der Waals surface area contributed by atoms with Gasteiger partial charge in [0.1, 0.15) is 0 Å². The Morgan fingerprint density at radius 2 is 1.73 bits per heavy atom. The van der Waals surface area contributed by atoms with Crippen molar-refractivity contribution in [1.29, 1.82) is 0 Å². The lowest BCUT2D eigenvalue weighted by atomic mass is 9.47. The molecule has 218 valence electrons. The number of fused-ring (bicyclic) bond motifs is 5. The number of piperazine rings is 1. The number of carbonyl (C=O) groups excluding carboxylic acids is 2. The van der Waals surface area contributed by atoms with Crippen molar-refractivity contribution < 1.29 is 14.7 Å². The van der Waals surface area contributed by atoms with Crippen molar-refractivity contribution in [1.82, 2.24) is 19.8 Å². The van der Waals surface area contributed by atoms with Crippen molar-refractivity contribution in [3.8, 4) is 0 Å². The van der Waals surface area contributed by atoms with Gasteiger partial charge in [-0.3, -0.25) is 9.59 Å². The molecule has 4 fully saturated rings. The molecule has 1 aliphatic heterocycles. The molecule has 7 heteroatoms. The molecular formula is C33H48N4O3. The highest BCUT2D eigenvalue weighted by Crippen LogP contribution is 2.67. The zero-order valence-corrected chi connectivity index (χ0v) is 24.7. The van der Waals surface area contributed by atoms with Crippen LogP contribution in [0.15, 0.2) is 30.1 Å². The second-order valence-corrected chi connectivity index (χ2v) is 14.1. The monoisotopic (exact) mass is 548 g/mol. The average molecular weight is 549 g/mol. The van der Waals surface area contributed by atoms with Crippen LogP contribution in [-0.4, -0.2) is 69.0 Å². The molecule has 3 saturated carbocycles. The van der Waals surface area contributed by atoms with E-state index >= 15 is 0 Å². The van der Waals surface area contributed by atoms with Crippen LogP contribution in [0.3, 0.4) is 0 Å². The molecule has 1 aromatic heterocycles. The number of aromatic nitrogens is 2. The molecule has 5 aliphatic rings. The molecule has 1 N–H and O–H groups in total. The Labute approximate surface area is 239 Å². The summed E-state index contributed by atoms with van der Waals surface area (Å²) in [4.78, 5) is 37.7. The molecule has 2 heterocycles. The smallest absolute Gasteiger partial charge is 0.291 e. The summed E-state index contributed by atoms with van der Waals surface area (Å²) in [5, 5.41) is 10.3. The van der Waals surface area contributed by atoms with Crippen LogP contribution in [0.5, 0.6) is 0 Å². The number of aliphatic hydroxyl groups excluding tert-OH is 1. The fourth-order valence-corrected chi connectivity index (χ4v) is 10.0. The van der Waals surface area contributed by atoms with Crippen LogP contribution >= 0.6 is 0 Å². The molecule has 0 bridgehead atoms. The number of rotatable bonds is 5. The molecule has 1 unspecified atom stereocenters. The Morgan fingerprint density at radius 1 is 1.00 bits per heavy atom. The Balaban J connectivity index is 1.02. The predicted octanol–water partition coefficient (Wildman–Crippen LogP) is 5.12. The lowest BCUT2D eigenvalue weighted by Gasteiger charge is -2.58. The molecule has 40 heavy (non-hydrogen) atoms. The SMILES string of the molecule is CC(CCC(=O)N1CCN(C(=O)c2ncccn2)CC1)[C@H]1CC[C@H]2[C@@H]3CC=C4C[C@@H](O)CC[C@]4(C)[C@H]3CC[C@]12C. The van der Waals surface area contributed by atoms with Crippen molar-refractivity contribution in [2.24, 2.45) is 40.4 Å². The number of allylic oxidation sites excluding steroid dienone is 1. The van der Waals surface area contributed by atoms with Gasteiger partial charge >= 0.3 is 0 Å². The Morgan fingerprint density at radius 3 is 2.48 bits per heavy atom. The molecule has 7 nitrogen and oxygen atoms in total. The fraction of sp³-hybridized carbons (Fsp3) is 0.758. The summed E-state index contributed by atoms with van der Waals surface area (Å²) in [5.41, 5.74) is 2.23. The number of hydrogen-bond donors (Lipinski definition) is 1. The van der Waals surface area contributed by atoms with Gasteiger partial charge < -0.3 is 14.9 Å². The summed E-state index contributed by atoms with van der Waals surface area (Å²) in [6.45, 7) is 9.75. The van der Waals surface area contributed by atoms with E-state index in [1.807, 2.05) is 4.90 Å². The van der Waals surface area contributed by atoms with E-state index in [1.54, 1.807) is 28.9 Å². The minimum Gasteiger partial charge on any atom is -0.393 e. The second-order valence-electron chi connectivity index (χ2n) is 14.1. The molecule has 2 amide bonds. The first kappa shape index (κ1) is 27.9. The van der Waals surface area contributed by atoms with Crippen LogP contribution in [0.1, 0.15) is 95.6 Å². The van der Waals surface area contributed by atoms with Gasteiger partial charge in [0.15, 0.2) is 0 Å². The summed E-state index contributed by atoms with van der Waals surface area (Å²) in [7, 11) is 0. The van der Waals surface area contributed by atoms with Crippen LogP contribution in [0, 0.1) is 40.4 Å². The van der Waals surface area contributed by atoms with Gasteiger partial charge in [-0.15, -0.1) is 0 Å². The van der Waals surface area contributed by atoms with Gasteiger partial charge in [-0.25, -0.2) is 9.97 Å². The highest BCUT2D eigenvalue weighted by atomic mass is 16.3. The average Bonchev–Trinajstić information content (AvgIpc) is 3.33. The topological polar surface area (TPSA) is 86.6 Å². The predicted molar refractivity (Wildman–Crippen MR) is 154 cm³/mol. The molecule has 0 aromatic carbocycles. The van der Waals surface area contributed by atoms with Crippen LogP contribution in [0.25, 0.3) is 0 Å². The lowest BCUT2D eigenvalue weighted by molar-refractivity contribution is -0.133. The zero-order chi connectivity index (χ0) is 28.1. The van der Waals surface area contributed by atoms with Gasteiger partial charge in [-0.05, 0) is 104 Å². The van der Waals surface area contributed by atoms with Crippen LogP contribution in [0.2, 0.25) is 0 Å². The van der Waals surface area contributed by atoms with E-state index in [0.717, 1.165) is 43.4 Å². The number of hydrogen-bond acceptors (Lipinski definition) is 5. The van der Waals surface area contributed by atoms with Gasteiger partial charge in [0.2, 0.25) is 11.7 Å². The maximum atomic E-state index is 13.2. The molecule has 4 aliphatic carbocycles. The van der Waals surface area contributed by atoms with Crippen LogP contribution < -0.4 is 0 Å². The van der Waals surface area contributed by atoms with E-state index in [4.69, 9.17) is 0 Å². The molecule has 8 atom stereocenters. The summed E-state index contributed by atoms with van der Waals surface area (Å²) in [5.74, 6) is 3.88. The van der Waals surface area contributed by atoms with E-state index in [1.165, 1.54) is 32.1 Å². The van der Waals surface area contributed by atoms with E-state index < -0.39 is 0 Å². The Hall–Kier alpha value is -2.28. The summed E-state index contributed by atoms with van der Waals surface area (Å²) in [6.07, 6.45) is 16.6. The first-order valence-electron chi connectivity index (χ1n) is 15.9. The highest BCUT2D eigenvalue weighted by molar-refractivity contribution is 5.90. The minimum atomic E-state index is -0.153. The van der Waals surface area contributed by atoms with Crippen molar-refractivity contribution in [3.63, 3.8) is 0 Å². The highest BCUT2D eigenvalue weighted by Gasteiger charge is 2.59. The van der Waals surface area contributed by atoms with E-state index in [2.05, 4.69) is 36.8 Å². The number of nitrogens with zero attached hydrogens (tertiary/aromatic N) is 4. The van der Waals surface area contributed by atoms with Gasteiger partial charge in [-0.2, -0.15) is 0 Å². The Bertz CT molecular complexity index is 1130. The third-order valence-electron chi connectivity index (χ3n) is 12.3. The number of aliphatic hydroxyl groups is 1. The third kappa shape index (κ3) is 4.80. The van der Waals surface area contributed by atoms with Crippen molar-refractivity contribution >= 4 is 11.8 Å². The van der Waals surface area contributed by atoms with Crippen molar-refractivity contribution in [2.75, 3.05) is 26.2 Å². The van der Waals surface area contributed by atoms with Crippen molar-refractivity contribution in [3.05, 3.63) is 35.9 Å². The summed E-state index contributed by atoms with van der Waals surface area (Å²) in [6, 6.07) is 1.71. The van der Waals surface area contributed by atoms with E-state index in [0.29, 0.717) is 55.3 Å². The molecule has 6 rings (SSSR count). The first-order chi connectivity index (χ1) is 19.2. The van der Waals surface area contributed by atoms with Gasteiger partial charge in [0, 0.05) is 45.0 Å². The zero-order valence-electron chi connectivity index (χ0n) is 24.7. The second kappa shape index (κ2) is 10.8. The molecule has 0 radical (unpaired) electrons. The minimum absolute atomic E-state index is 0.139. The maximum absolute atomic E-state index is 13.2. The van der Waals surface area contributed by atoms with Gasteiger partial charge in [0.05, 0.1) is 6.10 Å². The first-order valence-corrected chi connectivity index (χ1v) is 15.9. The fourth-order valence-electron chi connectivity index (χ4n) is 10.0. The van der Waals surface area contributed by atoms with Gasteiger partial charge in [0.25, 0.3) is 5.91 Å². The number of carbonyl (C=O) groups is 2. The van der Waals surface area contributed by atoms with Crippen LogP contribution in [0.4, 0.5) is 0 Å². The largest absolute Gasteiger partial charge is 0.393 e. The standard InChI is InChI=1S/C33H48N4O3/c1-22(5-10-29(39)36-17-19-37(20-18-36)31(40)30-34-15-4-16-35-30)26-8-9-27-25-7-6-23-21-24(38)11-13-32(23,2)28(25)12-14-33(26,27)3/h4,6,15-16,22,24-28,38H,5,7-14,17-21H2,1-3H3/t22?,24-,25-,26+,27-,28-,32-,33+/m0/s1. The molecule has 1 saturated heterocycles. The quantitative estimate of drug-likeness (QED) is 0.517. The summed E-state index contributed by atoms with van der Waals surface area (Å²) >= 11 is 0. The van der Waals surface area contributed by atoms with Crippen LogP contribution in [-0.2, 0) is 4.79 Å².